The van der Waals surface area contributed by atoms with Crippen LogP contribution in [0.2, 0.25) is 0 Å². The fourth-order valence-electron chi connectivity index (χ4n) is 1.71. The molecule has 0 aliphatic carbocycles. The van der Waals surface area contributed by atoms with E-state index in [0.29, 0.717) is 12.1 Å². The summed E-state index contributed by atoms with van der Waals surface area (Å²) in [5.41, 5.74) is 8.59. The van der Waals surface area contributed by atoms with Crippen molar-refractivity contribution in [1.29, 1.82) is 0 Å². The third-order valence-electron chi connectivity index (χ3n) is 2.75. The predicted octanol–water partition coefficient (Wildman–Crippen LogP) is 2.43. The molecule has 0 saturated carbocycles. The van der Waals surface area contributed by atoms with Gasteiger partial charge in [-0.1, -0.05) is 31.9 Å². The Labute approximate surface area is 103 Å². The van der Waals surface area contributed by atoms with Crippen LogP contribution in [0.4, 0.5) is 5.69 Å². The molecule has 1 amide bonds. The maximum atomic E-state index is 11.6. The molecule has 0 saturated heterocycles. The van der Waals surface area contributed by atoms with Crippen molar-refractivity contribution in [3.8, 4) is 0 Å². The Kier molecular flexibility index (Phi) is 5.53. The van der Waals surface area contributed by atoms with Gasteiger partial charge in [-0.2, -0.15) is 0 Å². The monoisotopic (exact) mass is 234 g/mol. The van der Waals surface area contributed by atoms with E-state index < -0.39 is 0 Å². The second-order valence-corrected chi connectivity index (χ2v) is 4.44. The minimum atomic E-state index is 0.0525. The van der Waals surface area contributed by atoms with Crippen LogP contribution in [0.25, 0.3) is 0 Å². The Hall–Kier alpha value is -1.51. The highest BCUT2D eigenvalue weighted by Crippen LogP contribution is 2.14. The zero-order chi connectivity index (χ0) is 12.7. The van der Waals surface area contributed by atoms with Crippen molar-refractivity contribution in [2.45, 2.75) is 39.5 Å². The number of aryl methyl sites for hydroxylation is 1. The van der Waals surface area contributed by atoms with Crippen molar-refractivity contribution in [1.82, 2.24) is 5.32 Å². The van der Waals surface area contributed by atoms with E-state index in [0.717, 1.165) is 30.5 Å². The maximum absolute atomic E-state index is 11.6. The fourth-order valence-corrected chi connectivity index (χ4v) is 1.71. The van der Waals surface area contributed by atoms with Crippen LogP contribution < -0.4 is 11.1 Å². The molecule has 0 fully saturated rings. The number of carbonyl (C=O) groups excluding carboxylic acids is 1. The van der Waals surface area contributed by atoms with E-state index in [-0.39, 0.29) is 5.91 Å². The molecular formula is C14H22N2O. The van der Waals surface area contributed by atoms with Crippen molar-refractivity contribution in [3.63, 3.8) is 0 Å². The molecule has 0 atom stereocenters. The van der Waals surface area contributed by atoms with Crippen LogP contribution in [0.5, 0.6) is 0 Å². The number of hydrogen-bond donors (Lipinski definition) is 2. The molecule has 0 unspecified atom stereocenters. The molecule has 3 heteroatoms. The quantitative estimate of drug-likeness (QED) is 0.586. The van der Waals surface area contributed by atoms with Gasteiger partial charge in [-0.05, 0) is 30.5 Å². The summed E-state index contributed by atoms with van der Waals surface area (Å²) >= 11 is 0. The Morgan fingerprint density at radius 2 is 2.12 bits per heavy atom. The number of hydrogen-bond acceptors (Lipinski definition) is 2. The maximum Gasteiger partial charge on any atom is 0.224 e. The standard InChI is InChI=1S/C14H22N2O/c1-3-4-5-8-16-14(17)10-12-7-6-11(2)9-13(12)15/h6-7,9H,3-5,8,10,15H2,1-2H3,(H,16,17). The van der Waals surface area contributed by atoms with Gasteiger partial charge in [0, 0.05) is 12.2 Å². The molecule has 94 valence electrons. The van der Waals surface area contributed by atoms with E-state index in [1.807, 2.05) is 25.1 Å². The minimum Gasteiger partial charge on any atom is -0.398 e. The van der Waals surface area contributed by atoms with Crippen molar-refractivity contribution >= 4 is 11.6 Å². The van der Waals surface area contributed by atoms with E-state index in [4.69, 9.17) is 5.73 Å². The highest BCUT2D eigenvalue weighted by Gasteiger charge is 2.05. The first kappa shape index (κ1) is 13.6. The molecule has 0 bridgehead atoms. The molecule has 1 aromatic carbocycles. The molecular weight excluding hydrogens is 212 g/mol. The molecule has 0 aromatic heterocycles. The van der Waals surface area contributed by atoms with Gasteiger partial charge in [-0.15, -0.1) is 0 Å². The number of anilines is 1. The van der Waals surface area contributed by atoms with Gasteiger partial charge in [0.25, 0.3) is 0 Å². The highest BCUT2D eigenvalue weighted by molar-refractivity contribution is 5.80. The summed E-state index contributed by atoms with van der Waals surface area (Å²) in [5.74, 6) is 0.0525. The van der Waals surface area contributed by atoms with Crippen LogP contribution in [0, 0.1) is 6.92 Å². The van der Waals surface area contributed by atoms with E-state index in [9.17, 15) is 4.79 Å². The summed E-state index contributed by atoms with van der Waals surface area (Å²) in [7, 11) is 0. The van der Waals surface area contributed by atoms with Gasteiger partial charge in [0.15, 0.2) is 0 Å². The molecule has 1 aromatic rings. The van der Waals surface area contributed by atoms with Gasteiger partial charge in [-0.3, -0.25) is 4.79 Å². The van der Waals surface area contributed by atoms with Gasteiger partial charge < -0.3 is 11.1 Å². The summed E-state index contributed by atoms with van der Waals surface area (Å²) in [6.45, 7) is 4.90. The smallest absolute Gasteiger partial charge is 0.224 e. The number of nitrogens with two attached hydrogens (primary N) is 1. The summed E-state index contributed by atoms with van der Waals surface area (Å²) < 4.78 is 0. The minimum absolute atomic E-state index is 0.0525. The Bertz CT molecular complexity index is 374. The number of rotatable bonds is 6. The second kappa shape index (κ2) is 6.94. The molecule has 1 rings (SSSR count). The number of amides is 1. The van der Waals surface area contributed by atoms with E-state index >= 15 is 0 Å². The summed E-state index contributed by atoms with van der Waals surface area (Å²) in [4.78, 5) is 11.6. The average Bonchev–Trinajstić information content (AvgIpc) is 2.28. The zero-order valence-corrected chi connectivity index (χ0v) is 10.8. The number of carbonyl (C=O) groups is 1. The molecule has 3 nitrogen and oxygen atoms in total. The molecule has 0 radical (unpaired) electrons. The van der Waals surface area contributed by atoms with Crippen LogP contribution in [-0.4, -0.2) is 12.5 Å². The SMILES string of the molecule is CCCCCNC(=O)Cc1ccc(C)cc1N. The molecule has 0 heterocycles. The van der Waals surface area contributed by atoms with Crippen LogP contribution in [0.15, 0.2) is 18.2 Å². The van der Waals surface area contributed by atoms with Crippen LogP contribution >= 0.6 is 0 Å². The van der Waals surface area contributed by atoms with E-state index in [1.165, 1.54) is 6.42 Å². The first-order valence-electron chi connectivity index (χ1n) is 6.25. The Balaban J connectivity index is 2.40. The third-order valence-corrected chi connectivity index (χ3v) is 2.75. The van der Waals surface area contributed by atoms with Crippen molar-refractivity contribution in [3.05, 3.63) is 29.3 Å². The van der Waals surface area contributed by atoms with Gasteiger partial charge >= 0.3 is 0 Å². The van der Waals surface area contributed by atoms with Crippen LogP contribution in [-0.2, 0) is 11.2 Å². The van der Waals surface area contributed by atoms with Gasteiger partial charge in [-0.25, -0.2) is 0 Å². The molecule has 0 aliphatic rings. The predicted molar refractivity (Wildman–Crippen MR) is 71.8 cm³/mol. The first-order valence-corrected chi connectivity index (χ1v) is 6.25. The number of benzene rings is 1. The topological polar surface area (TPSA) is 55.1 Å². The van der Waals surface area contributed by atoms with Crippen LogP contribution in [0.1, 0.15) is 37.3 Å². The molecule has 0 spiro atoms. The van der Waals surface area contributed by atoms with Gasteiger partial charge in [0.05, 0.1) is 6.42 Å². The lowest BCUT2D eigenvalue weighted by atomic mass is 10.1. The molecule has 0 aliphatic heterocycles. The Morgan fingerprint density at radius 3 is 2.76 bits per heavy atom. The Morgan fingerprint density at radius 1 is 1.35 bits per heavy atom. The lowest BCUT2D eigenvalue weighted by Crippen LogP contribution is -2.26. The summed E-state index contributed by atoms with van der Waals surface area (Å²) in [6, 6.07) is 5.81. The van der Waals surface area contributed by atoms with E-state index in [1.54, 1.807) is 0 Å². The number of nitrogens with one attached hydrogen (secondary N) is 1. The summed E-state index contributed by atoms with van der Waals surface area (Å²) in [5, 5.41) is 2.91. The summed E-state index contributed by atoms with van der Waals surface area (Å²) in [6.07, 6.45) is 3.75. The average molecular weight is 234 g/mol. The van der Waals surface area contributed by atoms with Gasteiger partial charge in [0.1, 0.15) is 0 Å². The van der Waals surface area contributed by atoms with Crippen molar-refractivity contribution < 1.29 is 4.79 Å². The largest absolute Gasteiger partial charge is 0.398 e. The second-order valence-electron chi connectivity index (χ2n) is 4.44. The number of nitrogen functional groups attached to an aromatic ring is 1. The lowest BCUT2D eigenvalue weighted by molar-refractivity contribution is -0.120. The normalized spacial score (nSPS) is 10.2. The van der Waals surface area contributed by atoms with Crippen LogP contribution in [0.3, 0.4) is 0 Å². The highest BCUT2D eigenvalue weighted by atomic mass is 16.1. The van der Waals surface area contributed by atoms with Crippen molar-refractivity contribution in [2.24, 2.45) is 0 Å². The third kappa shape index (κ3) is 4.89. The fraction of sp³-hybridized carbons (Fsp3) is 0.500. The van der Waals surface area contributed by atoms with E-state index in [2.05, 4.69) is 12.2 Å². The molecule has 3 N–H and O–H groups in total. The first-order chi connectivity index (χ1) is 8.13. The zero-order valence-electron chi connectivity index (χ0n) is 10.8. The lowest BCUT2D eigenvalue weighted by Gasteiger charge is -2.07. The van der Waals surface area contributed by atoms with Gasteiger partial charge in [0.2, 0.25) is 5.91 Å². The number of unbranched alkanes of at least 4 members (excludes halogenated alkanes) is 2. The van der Waals surface area contributed by atoms with Crippen molar-refractivity contribution in [2.75, 3.05) is 12.3 Å². The molecule has 17 heavy (non-hydrogen) atoms.